The number of amides is 2. The minimum Gasteiger partial charge on any atom is -0.453 e. The monoisotopic (exact) mass is 812 g/mol. The van der Waals surface area contributed by atoms with Gasteiger partial charge in [0.2, 0.25) is 11.9 Å². The number of carbonyl (C=O) groups is 3. The van der Waals surface area contributed by atoms with Gasteiger partial charge in [0, 0.05) is 25.4 Å². The van der Waals surface area contributed by atoms with E-state index in [1.54, 1.807) is 42.7 Å². The average Bonchev–Trinajstić information content (AvgIpc) is 4.06. The van der Waals surface area contributed by atoms with E-state index < -0.39 is 12.1 Å². The quantitative estimate of drug-likeness (QED) is 0.0832. The molecule has 0 radical (unpaired) electrons. The van der Waals surface area contributed by atoms with E-state index in [1.165, 1.54) is 12.7 Å². The largest absolute Gasteiger partial charge is 0.453 e. The number of nitrogens with one attached hydrogen (secondary N) is 3. The van der Waals surface area contributed by atoms with Crippen LogP contribution in [0.4, 0.5) is 10.7 Å². The first kappa shape index (κ1) is 44.4. The van der Waals surface area contributed by atoms with Crippen LogP contribution in [0.3, 0.4) is 0 Å². The lowest BCUT2D eigenvalue weighted by atomic mass is 10.0. The van der Waals surface area contributed by atoms with Crippen molar-refractivity contribution in [1.29, 1.82) is 0 Å². The maximum absolute atomic E-state index is 12.7. The first-order valence-electron chi connectivity index (χ1n) is 20.2. The molecule has 0 spiro atoms. The van der Waals surface area contributed by atoms with Gasteiger partial charge < -0.3 is 35.4 Å². The Kier molecular flexibility index (Phi) is 16.6. The maximum Gasteiger partial charge on any atom is 0.407 e. The van der Waals surface area contributed by atoms with Crippen LogP contribution in [0, 0.1) is 5.92 Å². The fourth-order valence-electron chi connectivity index (χ4n) is 6.81. The molecule has 2 amide bonds. The Morgan fingerprint density at radius 1 is 0.883 bits per heavy atom. The molecule has 3 aromatic carbocycles. The lowest BCUT2D eigenvalue weighted by Crippen LogP contribution is -2.31. The Morgan fingerprint density at radius 2 is 1.48 bits per heavy atom. The zero-order valence-electron chi connectivity index (χ0n) is 35.0. The molecule has 3 aromatic heterocycles. The van der Waals surface area contributed by atoms with Crippen LogP contribution in [0.25, 0.3) is 33.6 Å². The van der Waals surface area contributed by atoms with E-state index in [2.05, 4.69) is 121 Å². The Bertz CT molecular complexity index is 2210. The summed E-state index contributed by atoms with van der Waals surface area (Å²) < 4.78 is 4.40. The van der Waals surface area contributed by atoms with Gasteiger partial charge in [0.25, 0.3) is 0 Å². The molecule has 6 aromatic rings. The molecule has 2 unspecified atom stereocenters. The van der Waals surface area contributed by atoms with Gasteiger partial charge in [0.1, 0.15) is 24.0 Å². The second-order valence-corrected chi connectivity index (χ2v) is 14.9. The molecule has 1 saturated heterocycles. The number of aldehydes is 1. The number of ether oxygens (including phenoxy) is 1. The summed E-state index contributed by atoms with van der Waals surface area (Å²) in [6, 6.07) is 27.2. The van der Waals surface area contributed by atoms with E-state index in [1.807, 2.05) is 23.4 Å². The van der Waals surface area contributed by atoms with Crippen LogP contribution in [0.5, 0.6) is 0 Å². The standard InChI is InChI=1S/C32H40N6O.C10H11NO3.C4H5N3/c1-5-16-37(4)21-30-33-19-27(35-30)25-12-8-23(9-13-25)24-10-14-26(15-11-24)28-20-34-32(36-28)29-7-6-17-38(29)31(39)18-22(2)3;1-14-10(13)11-9(7-12)8-5-3-2-4-6-8;5-4-6-2-1-3-7-4/h8-15,19-20,22,29H,5-7,16-18,21H2,1-4H3,(H,33,35)(H,34,36);2-7,9H,1H3,(H,11,13);1-3H,(H2,5,6,7). The number of benzene rings is 3. The lowest BCUT2D eigenvalue weighted by Gasteiger charge is -2.24. The van der Waals surface area contributed by atoms with Gasteiger partial charge in [0.15, 0.2) is 0 Å². The van der Waals surface area contributed by atoms with Gasteiger partial charge in [-0.1, -0.05) is 99.6 Å². The van der Waals surface area contributed by atoms with Gasteiger partial charge in [-0.15, -0.1) is 0 Å². The van der Waals surface area contributed by atoms with Crippen molar-refractivity contribution in [1.82, 2.24) is 45.0 Å². The smallest absolute Gasteiger partial charge is 0.407 e. The van der Waals surface area contributed by atoms with Crippen LogP contribution in [-0.4, -0.2) is 85.2 Å². The molecule has 0 saturated carbocycles. The average molecular weight is 813 g/mol. The number of imidazole rings is 2. The van der Waals surface area contributed by atoms with E-state index in [0.29, 0.717) is 24.6 Å². The van der Waals surface area contributed by atoms with Crippen molar-refractivity contribution in [2.75, 3.05) is 33.0 Å². The number of rotatable bonds is 13. The second kappa shape index (κ2) is 22.5. The maximum atomic E-state index is 12.7. The minimum atomic E-state index is -0.649. The molecule has 2 atom stereocenters. The SMILES string of the molecule is CCCN(C)Cc1ncc(-c2ccc(-c3ccc(-c4cnc(C5CCCN5C(=O)CC(C)C)[nH]4)cc3)cc2)[nH]1.COC(=O)NC(C=O)c1ccccc1.Nc1ncccn1. The highest BCUT2D eigenvalue weighted by molar-refractivity contribution is 5.77. The Morgan fingerprint density at radius 3 is 2.03 bits per heavy atom. The summed E-state index contributed by atoms with van der Waals surface area (Å²) in [5.41, 5.74) is 12.4. The minimum absolute atomic E-state index is 0.0472. The lowest BCUT2D eigenvalue weighted by molar-refractivity contribution is -0.133. The number of nitrogen functional groups attached to an aromatic ring is 1. The highest BCUT2D eigenvalue weighted by atomic mass is 16.5. The van der Waals surface area contributed by atoms with Gasteiger partial charge in [0.05, 0.1) is 43.5 Å². The normalized spacial score (nSPS) is 13.8. The molecule has 1 fully saturated rings. The second-order valence-electron chi connectivity index (χ2n) is 14.9. The van der Waals surface area contributed by atoms with E-state index in [4.69, 9.17) is 5.73 Å². The summed E-state index contributed by atoms with van der Waals surface area (Å²) in [7, 11) is 3.37. The fraction of sp³-hybridized carbons (Fsp3) is 0.326. The molecule has 4 heterocycles. The number of carbonyl (C=O) groups excluding carboxylic acids is 3. The highest BCUT2D eigenvalue weighted by Gasteiger charge is 2.32. The summed E-state index contributed by atoms with van der Waals surface area (Å²) in [4.78, 5) is 62.0. The summed E-state index contributed by atoms with van der Waals surface area (Å²) >= 11 is 0. The van der Waals surface area contributed by atoms with Crippen molar-refractivity contribution in [3.05, 3.63) is 127 Å². The van der Waals surface area contributed by atoms with Gasteiger partial charge in [-0.05, 0) is 72.7 Å². The van der Waals surface area contributed by atoms with Gasteiger partial charge in [-0.2, -0.15) is 0 Å². The van der Waals surface area contributed by atoms with E-state index in [9.17, 15) is 14.4 Å². The first-order valence-corrected chi connectivity index (χ1v) is 20.2. The van der Waals surface area contributed by atoms with Crippen molar-refractivity contribution in [3.8, 4) is 33.6 Å². The molecule has 7 rings (SSSR count). The number of nitrogens with two attached hydrogens (primary N) is 1. The third-order valence-electron chi connectivity index (χ3n) is 9.78. The summed E-state index contributed by atoms with van der Waals surface area (Å²) in [5.74, 6) is 2.79. The zero-order valence-corrected chi connectivity index (χ0v) is 35.0. The highest BCUT2D eigenvalue weighted by Crippen LogP contribution is 2.33. The number of methoxy groups -OCH3 is 1. The molecule has 14 nitrogen and oxygen atoms in total. The van der Waals surface area contributed by atoms with Gasteiger partial charge >= 0.3 is 6.09 Å². The van der Waals surface area contributed by atoms with E-state index >= 15 is 0 Å². The number of anilines is 1. The molecular formula is C46H56N10O4. The zero-order chi connectivity index (χ0) is 42.9. The van der Waals surface area contributed by atoms with Crippen LogP contribution in [0.2, 0.25) is 0 Å². The van der Waals surface area contributed by atoms with Crippen LogP contribution in [-0.2, 0) is 20.9 Å². The number of nitrogens with zero attached hydrogens (tertiary/aromatic N) is 6. The number of aromatic nitrogens is 6. The topological polar surface area (TPSA) is 188 Å². The number of H-pyrrole nitrogens is 2. The number of hydrogen-bond donors (Lipinski definition) is 4. The van der Waals surface area contributed by atoms with Crippen LogP contribution in [0.15, 0.2) is 110 Å². The molecule has 14 heteroatoms. The predicted octanol–water partition coefficient (Wildman–Crippen LogP) is 8.03. The molecule has 5 N–H and O–H groups in total. The summed E-state index contributed by atoms with van der Waals surface area (Å²) in [5, 5.41) is 2.40. The molecule has 60 heavy (non-hydrogen) atoms. The molecule has 314 valence electrons. The van der Waals surface area contributed by atoms with Crippen LogP contribution >= 0.6 is 0 Å². The molecule has 1 aliphatic rings. The summed E-state index contributed by atoms with van der Waals surface area (Å²) in [6.45, 7) is 9.08. The number of hydrogen-bond acceptors (Lipinski definition) is 10. The number of aromatic amines is 2. The predicted molar refractivity (Wildman–Crippen MR) is 234 cm³/mol. The van der Waals surface area contributed by atoms with Gasteiger partial charge in [-0.3, -0.25) is 9.69 Å². The summed E-state index contributed by atoms with van der Waals surface area (Å²) in [6.07, 6.45) is 10.8. The first-order chi connectivity index (χ1) is 29.1. The Hall–Kier alpha value is -6.67. The Labute approximate surface area is 352 Å². The van der Waals surface area contributed by atoms with Crippen LogP contribution < -0.4 is 11.1 Å². The molecular weight excluding hydrogens is 757 g/mol. The van der Waals surface area contributed by atoms with E-state index in [-0.39, 0.29) is 11.9 Å². The molecule has 1 aliphatic heterocycles. The number of alkyl carbamates (subject to hydrolysis) is 1. The van der Waals surface area contributed by atoms with E-state index in [0.717, 1.165) is 84.2 Å². The van der Waals surface area contributed by atoms with Crippen LogP contribution in [0.1, 0.15) is 75.8 Å². The molecule has 0 bridgehead atoms. The fourth-order valence-corrected chi connectivity index (χ4v) is 6.81. The van der Waals surface area contributed by atoms with Gasteiger partial charge in [-0.25, -0.2) is 24.7 Å². The third kappa shape index (κ3) is 12.9. The van der Waals surface area contributed by atoms with Crippen molar-refractivity contribution in [2.24, 2.45) is 5.92 Å². The number of likely N-dealkylation sites (tertiary alicyclic amines) is 1. The van der Waals surface area contributed by atoms with Crippen molar-refractivity contribution < 1.29 is 19.1 Å². The van der Waals surface area contributed by atoms with Crippen molar-refractivity contribution >= 4 is 24.2 Å². The molecule has 0 aliphatic carbocycles. The Balaban J connectivity index is 0.000000265. The van der Waals surface area contributed by atoms with Crippen molar-refractivity contribution in [2.45, 2.75) is 65.1 Å². The third-order valence-corrected chi connectivity index (χ3v) is 9.78. The van der Waals surface area contributed by atoms with Crippen molar-refractivity contribution in [3.63, 3.8) is 0 Å².